The molecule has 2 heterocycles. The third-order valence-corrected chi connectivity index (χ3v) is 7.34. The van der Waals surface area contributed by atoms with Crippen molar-refractivity contribution in [1.29, 1.82) is 0 Å². The molecular weight excluding hydrogens is 410 g/mol. The Morgan fingerprint density at radius 2 is 1.61 bits per heavy atom. The number of hydrogen-bond donors (Lipinski definition) is 0. The Kier molecular flexibility index (Phi) is 6.39. The van der Waals surface area contributed by atoms with Gasteiger partial charge in [-0.25, -0.2) is 0 Å². The van der Waals surface area contributed by atoms with Crippen LogP contribution < -0.4 is 9.47 Å². The van der Waals surface area contributed by atoms with Crippen molar-refractivity contribution in [2.75, 3.05) is 33.9 Å². The van der Waals surface area contributed by atoms with E-state index in [4.69, 9.17) is 14.2 Å². The number of hydrogen-bond acceptors (Lipinski definition) is 4. The van der Waals surface area contributed by atoms with Gasteiger partial charge in [0.15, 0.2) is 11.5 Å². The van der Waals surface area contributed by atoms with Crippen LogP contribution in [-0.4, -0.2) is 38.8 Å². The Bertz CT molecular complexity index is 1100. The molecule has 0 aliphatic carbocycles. The summed E-state index contributed by atoms with van der Waals surface area (Å²) in [5.41, 5.74) is 6.75. The van der Waals surface area contributed by atoms with E-state index in [1.165, 1.54) is 27.8 Å². The van der Waals surface area contributed by atoms with E-state index in [2.05, 4.69) is 71.6 Å². The quantitative estimate of drug-likeness (QED) is 0.492. The van der Waals surface area contributed by atoms with Gasteiger partial charge in [0.1, 0.15) is 0 Å². The molecule has 2 aliphatic rings. The van der Waals surface area contributed by atoms with E-state index in [9.17, 15) is 0 Å². The smallest absolute Gasteiger partial charge is 0.161 e. The number of rotatable bonds is 7. The molecular formula is C29H33NO3. The van der Waals surface area contributed by atoms with E-state index in [0.717, 1.165) is 57.0 Å². The van der Waals surface area contributed by atoms with Crippen LogP contribution in [0.4, 0.5) is 0 Å². The first-order valence-corrected chi connectivity index (χ1v) is 11.9. The van der Waals surface area contributed by atoms with E-state index in [1.807, 2.05) is 0 Å². The maximum Gasteiger partial charge on any atom is 0.161 e. The molecule has 0 radical (unpaired) electrons. The van der Waals surface area contributed by atoms with Crippen LogP contribution in [0.5, 0.6) is 11.5 Å². The molecule has 1 atom stereocenters. The maximum atomic E-state index is 6.16. The summed E-state index contributed by atoms with van der Waals surface area (Å²) in [7, 11) is 3.41. The van der Waals surface area contributed by atoms with Gasteiger partial charge in [0, 0.05) is 18.5 Å². The normalized spacial score (nSPS) is 20.1. The fraction of sp³-hybridized carbons (Fsp3) is 0.379. The Balaban J connectivity index is 1.33. The molecule has 2 aliphatic heterocycles. The standard InChI is InChI=1S/C29H33NO3/c1-31-27-17-22-13-16-30(19-24(22)18-28(27)32-2)15-8-14-29(25-10-4-3-5-11-25)21-33-20-23-9-6-7-12-26(23)29/h3-7,9-12,17-18H,8,13-16,19-21H2,1-2H3. The number of nitrogens with zero attached hydrogens (tertiary/aromatic N) is 1. The van der Waals surface area contributed by atoms with Gasteiger partial charge in [-0.1, -0.05) is 54.6 Å². The van der Waals surface area contributed by atoms with Gasteiger partial charge in [-0.15, -0.1) is 0 Å². The zero-order valence-electron chi connectivity index (χ0n) is 19.7. The summed E-state index contributed by atoms with van der Waals surface area (Å²) in [6.45, 7) is 4.56. The second kappa shape index (κ2) is 9.58. The lowest BCUT2D eigenvalue weighted by molar-refractivity contribution is 0.0598. The third kappa shape index (κ3) is 4.25. The fourth-order valence-corrected chi connectivity index (χ4v) is 5.61. The highest BCUT2D eigenvalue weighted by atomic mass is 16.5. The summed E-state index contributed by atoms with van der Waals surface area (Å²) < 4.78 is 17.2. The molecule has 0 N–H and O–H groups in total. The zero-order valence-corrected chi connectivity index (χ0v) is 19.7. The predicted molar refractivity (Wildman–Crippen MR) is 131 cm³/mol. The Hall–Kier alpha value is -2.82. The number of methoxy groups -OCH3 is 2. The lowest BCUT2D eigenvalue weighted by Crippen LogP contribution is -2.39. The average molecular weight is 444 g/mol. The van der Waals surface area contributed by atoms with Gasteiger partial charge in [-0.2, -0.15) is 0 Å². The summed E-state index contributed by atoms with van der Waals surface area (Å²) in [4.78, 5) is 2.57. The zero-order chi connectivity index (χ0) is 22.7. The molecule has 4 nitrogen and oxygen atoms in total. The number of fused-ring (bicyclic) bond motifs is 2. The summed E-state index contributed by atoms with van der Waals surface area (Å²) in [5, 5.41) is 0. The Morgan fingerprint density at radius 1 is 0.879 bits per heavy atom. The van der Waals surface area contributed by atoms with Crippen molar-refractivity contribution in [3.8, 4) is 11.5 Å². The van der Waals surface area contributed by atoms with Crippen LogP contribution in [0.2, 0.25) is 0 Å². The van der Waals surface area contributed by atoms with Crippen LogP contribution in [0, 0.1) is 0 Å². The van der Waals surface area contributed by atoms with Crippen molar-refractivity contribution in [3.05, 3.63) is 94.5 Å². The SMILES string of the molecule is COc1cc2c(cc1OC)CN(CCCC1(c3ccccc3)COCc3ccccc31)CC2. The topological polar surface area (TPSA) is 30.9 Å². The molecule has 1 unspecified atom stereocenters. The monoisotopic (exact) mass is 443 g/mol. The van der Waals surface area contributed by atoms with Gasteiger partial charge in [-0.05, 0) is 65.8 Å². The molecule has 0 aromatic heterocycles. The Morgan fingerprint density at radius 3 is 2.39 bits per heavy atom. The molecule has 172 valence electrons. The van der Waals surface area contributed by atoms with Gasteiger partial charge in [0.25, 0.3) is 0 Å². The first-order valence-electron chi connectivity index (χ1n) is 11.9. The average Bonchev–Trinajstić information content (AvgIpc) is 2.88. The van der Waals surface area contributed by atoms with E-state index < -0.39 is 0 Å². The summed E-state index contributed by atoms with van der Waals surface area (Å²) in [6.07, 6.45) is 3.24. The van der Waals surface area contributed by atoms with Gasteiger partial charge in [0.2, 0.25) is 0 Å². The van der Waals surface area contributed by atoms with Gasteiger partial charge in [0.05, 0.1) is 27.4 Å². The van der Waals surface area contributed by atoms with Crippen molar-refractivity contribution in [3.63, 3.8) is 0 Å². The molecule has 0 saturated heterocycles. The molecule has 0 spiro atoms. The van der Waals surface area contributed by atoms with Crippen LogP contribution in [0.3, 0.4) is 0 Å². The van der Waals surface area contributed by atoms with Gasteiger partial charge in [-0.3, -0.25) is 4.90 Å². The molecule has 4 heteroatoms. The van der Waals surface area contributed by atoms with Gasteiger partial charge >= 0.3 is 0 Å². The lowest BCUT2D eigenvalue weighted by Gasteiger charge is -2.40. The predicted octanol–water partition coefficient (Wildman–Crippen LogP) is 5.36. The lowest BCUT2D eigenvalue weighted by atomic mass is 9.69. The molecule has 0 bridgehead atoms. The largest absolute Gasteiger partial charge is 0.493 e. The minimum Gasteiger partial charge on any atom is -0.493 e. The molecule has 3 aromatic rings. The summed E-state index contributed by atoms with van der Waals surface area (Å²) in [5.74, 6) is 1.64. The first kappa shape index (κ1) is 22.0. The number of ether oxygens (including phenoxy) is 3. The first-order chi connectivity index (χ1) is 16.2. The highest BCUT2D eigenvalue weighted by molar-refractivity contribution is 5.48. The van der Waals surface area contributed by atoms with Crippen molar-refractivity contribution in [1.82, 2.24) is 4.90 Å². The van der Waals surface area contributed by atoms with Crippen molar-refractivity contribution < 1.29 is 14.2 Å². The van der Waals surface area contributed by atoms with E-state index >= 15 is 0 Å². The van der Waals surface area contributed by atoms with Crippen LogP contribution in [0.15, 0.2) is 66.7 Å². The van der Waals surface area contributed by atoms with Crippen LogP contribution >= 0.6 is 0 Å². The molecule has 3 aromatic carbocycles. The molecule has 5 rings (SSSR count). The molecule has 33 heavy (non-hydrogen) atoms. The van der Waals surface area contributed by atoms with Crippen LogP contribution in [0.1, 0.15) is 40.7 Å². The molecule has 0 fully saturated rings. The summed E-state index contributed by atoms with van der Waals surface area (Å²) in [6, 6.07) is 24.0. The van der Waals surface area contributed by atoms with Crippen molar-refractivity contribution in [2.45, 2.75) is 37.8 Å². The fourth-order valence-electron chi connectivity index (χ4n) is 5.61. The number of benzene rings is 3. The third-order valence-electron chi connectivity index (χ3n) is 7.34. The van der Waals surface area contributed by atoms with E-state index in [0.29, 0.717) is 6.61 Å². The van der Waals surface area contributed by atoms with Crippen LogP contribution in [0.25, 0.3) is 0 Å². The highest BCUT2D eigenvalue weighted by Gasteiger charge is 2.38. The minimum absolute atomic E-state index is 0.0830. The molecule has 0 amide bonds. The molecule has 0 saturated carbocycles. The van der Waals surface area contributed by atoms with Crippen molar-refractivity contribution in [2.24, 2.45) is 0 Å². The Labute approximate surface area is 197 Å². The second-order valence-corrected chi connectivity index (χ2v) is 9.20. The van der Waals surface area contributed by atoms with E-state index in [-0.39, 0.29) is 5.41 Å². The second-order valence-electron chi connectivity index (χ2n) is 9.20. The van der Waals surface area contributed by atoms with Crippen LogP contribution in [-0.2, 0) is 29.7 Å². The van der Waals surface area contributed by atoms with Gasteiger partial charge < -0.3 is 14.2 Å². The van der Waals surface area contributed by atoms with Crippen molar-refractivity contribution >= 4 is 0 Å². The van der Waals surface area contributed by atoms with E-state index in [1.54, 1.807) is 14.2 Å². The minimum atomic E-state index is -0.0830. The summed E-state index contributed by atoms with van der Waals surface area (Å²) >= 11 is 0. The highest BCUT2D eigenvalue weighted by Crippen LogP contribution is 2.42. The maximum absolute atomic E-state index is 6.16.